The Balaban J connectivity index is 2.28. The summed E-state index contributed by atoms with van der Waals surface area (Å²) in [5.74, 6) is 0.848. The molecular formula is C12H14ClN5O. The summed E-state index contributed by atoms with van der Waals surface area (Å²) in [7, 11) is 0. The van der Waals surface area contributed by atoms with Gasteiger partial charge >= 0.3 is 0 Å². The van der Waals surface area contributed by atoms with Gasteiger partial charge in [0.1, 0.15) is 11.6 Å². The van der Waals surface area contributed by atoms with Gasteiger partial charge in [0.2, 0.25) is 0 Å². The molecule has 0 aliphatic carbocycles. The number of amides is 1. The fraction of sp³-hybridized carbons (Fsp3) is 0.333. The quantitative estimate of drug-likeness (QED) is 0.904. The van der Waals surface area contributed by atoms with Crippen LogP contribution in [-0.4, -0.2) is 26.1 Å². The molecule has 0 spiro atoms. The second kappa shape index (κ2) is 5.36. The average Bonchev–Trinajstić information content (AvgIpc) is 2.75. The normalized spacial score (nSPS) is 10.8. The van der Waals surface area contributed by atoms with Crippen molar-refractivity contribution in [2.45, 2.75) is 26.7 Å². The minimum absolute atomic E-state index is 0.123. The van der Waals surface area contributed by atoms with Crippen LogP contribution < -0.4 is 5.32 Å². The van der Waals surface area contributed by atoms with Crippen LogP contribution >= 0.6 is 11.6 Å². The maximum atomic E-state index is 12.1. The van der Waals surface area contributed by atoms with Crippen molar-refractivity contribution in [1.29, 1.82) is 0 Å². The van der Waals surface area contributed by atoms with Gasteiger partial charge in [0.05, 0.1) is 17.4 Å². The molecule has 0 saturated heterocycles. The van der Waals surface area contributed by atoms with E-state index in [2.05, 4.69) is 25.5 Å². The van der Waals surface area contributed by atoms with Crippen molar-refractivity contribution in [3.8, 4) is 0 Å². The van der Waals surface area contributed by atoms with Crippen molar-refractivity contribution < 1.29 is 4.79 Å². The lowest BCUT2D eigenvalue weighted by Crippen LogP contribution is -2.17. The first kappa shape index (κ1) is 13.5. The zero-order valence-corrected chi connectivity index (χ0v) is 11.6. The number of carbonyl (C=O) groups excluding carboxylic acids is 1. The maximum absolute atomic E-state index is 12.1. The Hall–Kier alpha value is -1.95. The lowest BCUT2D eigenvalue weighted by Gasteiger charge is -2.08. The number of nitrogens with one attached hydrogen (secondary N) is 2. The van der Waals surface area contributed by atoms with Crippen molar-refractivity contribution in [2.75, 3.05) is 5.32 Å². The Morgan fingerprint density at radius 2 is 2.16 bits per heavy atom. The van der Waals surface area contributed by atoms with Crippen molar-refractivity contribution >= 4 is 23.3 Å². The standard InChI is InChI=1S/C12H14ClN5O/c1-6(2)10-14-5-8(13)9(16-10)12(19)17-11-7(3)4-15-18-11/h4-6H,1-3H3,(H2,15,17,18,19). The van der Waals surface area contributed by atoms with Crippen LogP contribution in [-0.2, 0) is 0 Å². The van der Waals surface area contributed by atoms with E-state index in [-0.39, 0.29) is 22.5 Å². The molecule has 6 nitrogen and oxygen atoms in total. The second-order valence-electron chi connectivity index (χ2n) is 4.46. The van der Waals surface area contributed by atoms with Gasteiger partial charge in [0.15, 0.2) is 5.69 Å². The zero-order chi connectivity index (χ0) is 14.0. The number of nitrogens with zero attached hydrogens (tertiary/aromatic N) is 3. The van der Waals surface area contributed by atoms with Gasteiger partial charge in [0.25, 0.3) is 5.91 Å². The minimum atomic E-state index is -0.387. The molecule has 0 saturated carbocycles. The molecule has 2 aromatic rings. The van der Waals surface area contributed by atoms with E-state index < -0.39 is 0 Å². The highest BCUT2D eigenvalue weighted by molar-refractivity contribution is 6.33. The number of hydrogen-bond donors (Lipinski definition) is 2. The largest absolute Gasteiger partial charge is 0.305 e. The Labute approximate surface area is 115 Å². The lowest BCUT2D eigenvalue weighted by molar-refractivity contribution is 0.102. The molecule has 0 fully saturated rings. The summed E-state index contributed by atoms with van der Waals surface area (Å²) in [5, 5.41) is 9.43. The van der Waals surface area contributed by atoms with Crippen molar-refractivity contribution in [1.82, 2.24) is 20.2 Å². The smallest absolute Gasteiger partial charge is 0.277 e. The van der Waals surface area contributed by atoms with Gasteiger partial charge in [-0.05, 0) is 6.92 Å². The molecule has 0 unspecified atom stereocenters. The van der Waals surface area contributed by atoms with Gasteiger partial charge in [-0.1, -0.05) is 25.4 Å². The van der Waals surface area contributed by atoms with Crippen LogP contribution in [0.5, 0.6) is 0 Å². The first-order chi connectivity index (χ1) is 8.99. The van der Waals surface area contributed by atoms with Crippen LogP contribution in [0, 0.1) is 6.92 Å². The maximum Gasteiger partial charge on any atom is 0.277 e. The first-order valence-electron chi connectivity index (χ1n) is 5.82. The predicted molar refractivity (Wildman–Crippen MR) is 72.4 cm³/mol. The number of aromatic amines is 1. The molecule has 2 aromatic heterocycles. The second-order valence-corrected chi connectivity index (χ2v) is 4.87. The molecule has 2 rings (SSSR count). The number of anilines is 1. The highest BCUT2D eigenvalue weighted by Gasteiger charge is 2.16. The molecular weight excluding hydrogens is 266 g/mol. The molecule has 0 radical (unpaired) electrons. The number of hydrogen-bond acceptors (Lipinski definition) is 4. The van der Waals surface area contributed by atoms with Crippen LogP contribution in [0.3, 0.4) is 0 Å². The predicted octanol–water partition coefficient (Wildman–Crippen LogP) is 2.54. The fourth-order valence-corrected chi connectivity index (χ4v) is 1.64. The number of aromatic nitrogens is 4. The number of rotatable bonds is 3. The molecule has 7 heteroatoms. The molecule has 2 N–H and O–H groups in total. The Bertz CT molecular complexity index is 608. The summed E-state index contributed by atoms with van der Waals surface area (Å²) in [6, 6.07) is 0. The van der Waals surface area contributed by atoms with Gasteiger partial charge in [-0.15, -0.1) is 0 Å². The Morgan fingerprint density at radius 3 is 2.74 bits per heavy atom. The van der Waals surface area contributed by atoms with E-state index in [1.165, 1.54) is 6.20 Å². The minimum Gasteiger partial charge on any atom is -0.305 e. The van der Waals surface area contributed by atoms with E-state index in [4.69, 9.17) is 11.6 Å². The number of aryl methyl sites for hydroxylation is 1. The monoisotopic (exact) mass is 279 g/mol. The van der Waals surface area contributed by atoms with Crippen LogP contribution in [0.4, 0.5) is 5.82 Å². The molecule has 0 aromatic carbocycles. The summed E-state index contributed by atoms with van der Waals surface area (Å²) in [6.07, 6.45) is 3.06. The van der Waals surface area contributed by atoms with E-state index in [1.807, 2.05) is 20.8 Å². The number of carbonyl (C=O) groups is 1. The van der Waals surface area contributed by atoms with Gasteiger partial charge in [-0.25, -0.2) is 9.97 Å². The molecule has 19 heavy (non-hydrogen) atoms. The summed E-state index contributed by atoms with van der Waals surface area (Å²) in [6.45, 7) is 5.73. The first-order valence-corrected chi connectivity index (χ1v) is 6.20. The van der Waals surface area contributed by atoms with Gasteiger partial charge in [0, 0.05) is 11.5 Å². The van der Waals surface area contributed by atoms with E-state index in [1.54, 1.807) is 6.20 Å². The molecule has 0 aliphatic heterocycles. The molecule has 0 aliphatic rings. The van der Waals surface area contributed by atoms with E-state index in [9.17, 15) is 4.79 Å². The zero-order valence-electron chi connectivity index (χ0n) is 10.9. The third-order valence-electron chi connectivity index (χ3n) is 2.56. The van der Waals surface area contributed by atoms with Crippen molar-refractivity contribution in [3.05, 3.63) is 34.5 Å². The topological polar surface area (TPSA) is 83.6 Å². The Kier molecular flexibility index (Phi) is 3.80. The van der Waals surface area contributed by atoms with Gasteiger partial charge < -0.3 is 5.32 Å². The van der Waals surface area contributed by atoms with Crippen molar-refractivity contribution in [3.63, 3.8) is 0 Å². The average molecular weight is 280 g/mol. The van der Waals surface area contributed by atoms with Crippen LogP contribution in [0.25, 0.3) is 0 Å². The summed E-state index contributed by atoms with van der Waals surface area (Å²) >= 11 is 5.96. The molecule has 0 atom stereocenters. The summed E-state index contributed by atoms with van der Waals surface area (Å²) in [5.41, 5.74) is 0.997. The van der Waals surface area contributed by atoms with E-state index in [0.717, 1.165) is 5.56 Å². The van der Waals surface area contributed by atoms with Crippen molar-refractivity contribution in [2.24, 2.45) is 0 Å². The number of halogens is 1. The third-order valence-corrected chi connectivity index (χ3v) is 2.84. The third kappa shape index (κ3) is 2.90. The Morgan fingerprint density at radius 1 is 1.42 bits per heavy atom. The van der Waals surface area contributed by atoms with Gasteiger partial charge in [-0.2, -0.15) is 5.10 Å². The lowest BCUT2D eigenvalue weighted by atomic mass is 10.2. The molecule has 0 bridgehead atoms. The summed E-state index contributed by atoms with van der Waals surface area (Å²) < 4.78 is 0. The molecule has 100 valence electrons. The molecule has 1 amide bonds. The summed E-state index contributed by atoms with van der Waals surface area (Å²) in [4.78, 5) is 20.4. The SMILES string of the molecule is Cc1cn[nH]c1NC(=O)c1nc(C(C)C)ncc1Cl. The van der Waals surface area contributed by atoms with E-state index >= 15 is 0 Å². The van der Waals surface area contributed by atoms with E-state index in [0.29, 0.717) is 11.6 Å². The fourth-order valence-electron chi connectivity index (χ4n) is 1.46. The van der Waals surface area contributed by atoms with Crippen LogP contribution in [0.15, 0.2) is 12.4 Å². The van der Waals surface area contributed by atoms with Gasteiger partial charge in [-0.3, -0.25) is 9.89 Å². The number of H-pyrrole nitrogens is 1. The van der Waals surface area contributed by atoms with Crippen LogP contribution in [0.2, 0.25) is 5.02 Å². The highest BCUT2D eigenvalue weighted by Crippen LogP contribution is 2.18. The molecule has 2 heterocycles. The highest BCUT2D eigenvalue weighted by atomic mass is 35.5. The van der Waals surface area contributed by atoms with Crippen LogP contribution in [0.1, 0.15) is 41.6 Å².